The van der Waals surface area contributed by atoms with Gasteiger partial charge in [0.25, 0.3) is 5.22 Å². The topological polar surface area (TPSA) is 77.2 Å². The molecule has 0 radical (unpaired) electrons. The zero-order chi connectivity index (χ0) is 20.1. The average molecular weight is 398 g/mol. The van der Waals surface area contributed by atoms with Gasteiger partial charge in [-0.05, 0) is 49.6 Å². The minimum absolute atomic E-state index is 0.102. The number of carbonyl (C=O) groups excluding carboxylic acids is 1. The highest BCUT2D eigenvalue weighted by Gasteiger charge is 2.12. The van der Waals surface area contributed by atoms with E-state index in [0.29, 0.717) is 17.5 Å². The van der Waals surface area contributed by atoms with E-state index < -0.39 is 0 Å². The van der Waals surface area contributed by atoms with Crippen LogP contribution in [0.2, 0.25) is 0 Å². The SMILES string of the molecule is COc1ccc(Cc2nnc(SCC(=O)Nc3c(C)cc(C)cc3C)o2)cc1. The lowest BCUT2D eigenvalue weighted by Crippen LogP contribution is -2.15. The van der Waals surface area contributed by atoms with Crippen LogP contribution in [0.25, 0.3) is 0 Å². The van der Waals surface area contributed by atoms with Crippen LogP contribution in [-0.2, 0) is 11.2 Å². The first-order valence-corrected chi connectivity index (χ1v) is 9.89. The summed E-state index contributed by atoms with van der Waals surface area (Å²) in [6.07, 6.45) is 0.533. The Morgan fingerprint density at radius 3 is 2.43 bits per heavy atom. The Bertz CT molecular complexity index is 944. The van der Waals surface area contributed by atoms with Crippen LogP contribution in [0.1, 0.15) is 28.1 Å². The summed E-state index contributed by atoms with van der Waals surface area (Å²) in [6.45, 7) is 6.03. The Hall–Kier alpha value is -2.80. The van der Waals surface area contributed by atoms with Crippen LogP contribution in [0.15, 0.2) is 46.0 Å². The first-order chi connectivity index (χ1) is 13.4. The van der Waals surface area contributed by atoms with Gasteiger partial charge in [0.1, 0.15) is 5.75 Å². The number of nitrogens with one attached hydrogen (secondary N) is 1. The van der Waals surface area contributed by atoms with Gasteiger partial charge in [-0.1, -0.05) is 41.6 Å². The van der Waals surface area contributed by atoms with E-state index in [1.54, 1.807) is 7.11 Å². The summed E-state index contributed by atoms with van der Waals surface area (Å²) in [5, 5.41) is 11.4. The number of nitrogens with zero attached hydrogens (tertiary/aromatic N) is 2. The smallest absolute Gasteiger partial charge is 0.277 e. The number of carbonyl (C=O) groups is 1. The summed E-state index contributed by atoms with van der Waals surface area (Å²) in [5.41, 5.74) is 5.19. The Morgan fingerprint density at radius 1 is 1.11 bits per heavy atom. The number of rotatable bonds is 7. The van der Waals surface area contributed by atoms with Gasteiger partial charge in [-0.2, -0.15) is 0 Å². The molecule has 1 N–H and O–H groups in total. The third kappa shape index (κ3) is 5.13. The molecule has 1 aromatic heterocycles. The van der Waals surface area contributed by atoms with Crippen LogP contribution in [-0.4, -0.2) is 29.0 Å². The highest BCUT2D eigenvalue weighted by atomic mass is 32.2. The standard InChI is InChI=1S/C21H23N3O3S/c1-13-9-14(2)20(15(3)10-13)22-18(25)12-28-21-24-23-19(27-21)11-16-5-7-17(26-4)8-6-16/h5-10H,11-12H2,1-4H3,(H,22,25). The summed E-state index contributed by atoms with van der Waals surface area (Å²) in [5.74, 6) is 1.42. The van der Waals surface area contributed by atoms with Crippen molar-refractivity contribution in [2.24, 2.45) is 0 Å². The largest absolute Gasteiger partial charge is 0.497 e. The molecule has 0 aliphatic rings. The van der Waals surface area contributed by atoms with Gasteiger partial charge in [0.15, 0.2) is 0 Å². The van der Waals surface area contributed by atoms with Crippen molar-refractivity contribution in [2.75, 3.05) is 18.2 Å². The lowest BCUT2D eigenvalue weighted by Gasteiger charge is -2.12. The summed E-state index contributed by atoms with van der Waals surface area (Å²) in [6, 6.07) is 11.8. The van der Waals surface area contributed by atoms with Crippen LogP contribution in [0.4, 0.5) is 5.69 Å². The van der Waals surface area contributed by atoms with Gasteiger partial charge in [-0.15, -0.1) is 10.2 Å². The second kappa shape index (κ2) is 8.93. The average Bonchev–Trinajstić information content (AvgIpc) is 3.11. The molecule has 6 nitrogen and oxygen atoms in total. The zero-order valence-corrected chi connectivity index (χ0v) is 17.2. The molecule has 0 atom stereocenters. The first-order valence-electron chi connectivity index (χ1n) is 8.90. The van der Waals surface area contributed by atoms with Gasteiger partial charge in [-0.3, -0.25) is 4.79 Å². The Morgan fingerprint density at radius 2 is 1.79 bits per heavy atom. The lowest BCUT2D eigenvalue weighted by atomic mass is 10.1. The zero-order valence-electron chi connectivity index (χ0n) is 16.4. The Balaban J connectivity index is 1.54. The minimum Gasteiger partial charge on any atom is -0.497 e. The molecule has 0 unspecified atom stereocenters. The van der Waals surface area contributed by atoms with E-state index in [-0.39, 0.29) is 11.7 Å². The van der Waals surface area contributed by atoms with Crippen molar-refractivity contribution in [3.05, 3.63) is 64.5 Å². The van der Waals surface area contributed by atoms with Crippen molar-refractivity contribution in [3.63, 3.8) is 0 Å². The fraction of sp³-hybridized carbons (Fsp3) is 0.286. The summed E-state index contributed by atoms with van der Waals surface area (Å²) >= 11 is 1.23. The molecule has 146 valence electrons. The number of aromatic nitrogens is 2. The van der Waals surface area contributed by atoms with Crippen LogP contribution >= 0.6 is 11.8 Å². The normalized spacial score (nSPS) is 10.7. The quantitative estimate of drug-likeness (QED) is 0.598. The summed E-state index contributed by atoms with van der Waals surface area (Å²) in [7, 11) is 1.63. The molecular formula is C21H23N3O3S. The molecule has 1 amide bonds. The monoisotopic (exact) mass is 397 g/mol. The second-order valence-electron chi connectivity index (χ2n) is 6.60. The van der Waals surface area contributed by atoms with Crippen molar-refractivity contribution < 1.29 is 13.9 Å². The minimum atomic E-state index is -0.102. The fourth-order valence-corrected chi connectivity index (χ4v) is 3.55. The van der Waals surface area contributed by atoms with Gasteiger partial charge in [-0.25, -0.2) is 0 Å². The number of ether oxygens (including phenoxy) is 1. The molecule has 0 saturated heterocycles. The third-order valence-electron chi connectivity index (χ3n) is 4.23. The molecule has 0 bridgehead atoms. The maximum Gasteiger partial charge on any atom is 0.277 e. The van der Waals surface area contributed by atoms with Gasteiger partial charge in [0, 0.05) is 5.69 Å². The summed E-state index contributed by atoms with van der Waals surface area (Å²) in [4.78, 5) is 12.3. The predicted molar refractivity (Wildman–Crippen MR) is 110 cm³/mol. The fourth-order valence-electron chi connectivity index (χ4n) is 2.97. The molecule has 1 heterocycles. The van der Waals surface area contributed by atoms with Gasteiger partial charge < -0.3 is 14.5 Å². The molecule has 28 heavy (non-hydrogen) atoms. The number of amides is 1. The first kappa shape index (κ1) is 19.9. The van der Waals surface area contributed by atoms with Crippen molar-refractivity contribution in [3.8, 4) is 5.75 Å². The van der Waals surface area contributed by atoms with E-state index >= 15 is 0 Å². The molecule has 3 rings (SSSR count). The van der Waals surface area contributed by atoms with E-state index in [2.05, 4.69) is 27.6 Å². The third-order valence-corrected chi connectivity index (χ3v) is 5.05. The number of thioether (sulfide) groups is 1. The van der Waals surface area contributed by atoms with Crippen molar-refractivity contribution in [1.29, 1.82) is 0 Å². The van der Waals surface area contributed by atoms with Gasteiger partial charge in [0.2, 0.25) is 11.8 Å². The van der Waals surface area contributed by atoms with Crippen molar-refractivity contribution in [2.45, 2.75) is 32.4 Å². The van der Waals surface area contributed by atoms with Gasteiger partial charge >= 0.3 is 0 Å². The van der Waals surface area contributed by atoms with Crippen molar-refractivity contribution >= 4 is 23.4 Å². The summed E-state index contributed by atoms with van der Waals surface area (Å²) < 4.78 is 10.8. The van der Waals surface area contributed by atoms with Crippen LogP contribution in [0.5, 0.6) is 5.75 Å². The van der Waals surface area contributed by atoms with E-state index in [4.69, 9.17) is 9.15 Å². The molecule has 7 heteroatoms. The highest BCUT2D eigenvalue weighted by molar-refractivity contribution is 7.99. The molecule has 0 aliphatic heterocycles. The van der Waals surface area contributed by atoms with Crippen LogP contribution in [0, 0.1) is 20.8 Å². The number of methoxy groups -OCH3 is 1. The molecule has 0 spiro atoms. The Kier molecular flexibility index (Phi) is 6.36. The van der Waals surface area contributed by atoms with Crippen LogP contribution in [0.3, 0.4) is 0 Å². The number of hydrogen-bond donors (Lipinski definition) is 1. The molecule has 3 aromatic rings. The molecule has 0 saturated carbocycles. The number of aryl methyl sites for hydroxylation is 3. The van der Waals surface area contributed by atoms with Gasteiger partial charge in [0.05, 0.1) is 19.3 Å². The Labute approximate surface area is 168 Å². The van der Waals surface area contributed by atoms with E-state index in [1.165, 1.54) is 17.3 Å². The number of hydrogen-bond acceptors (Lipinski definition) is 6. The maximum atomic E-state index is 12.3. The van der Waals surface area contributed by atoms with E-state index in [1.807, 2.05) is 45.0 Å². The molecule has 0 aliphatic carbocycles. The molecular weight excluding hydrogens is 374 g/mol. The van der Waals surface area contributed by atoms with E-state index in [0.717, 1.165) is 28.1 Å². The van der Waals surface area contributed by atoms with E-state index in [9.17, 15) is 4.79 Å². The lowest BCUT2D eigenvalue weighted by molar-refractivity contribution is -0.113. The van der Waals surface area contributed by atoms with Crippen molar-refractivity contribution in [1.82, 2.24) is 10.2 Å². The highest BCUT2D eigenvalue weighted by Crippen LogP contribution is 2.23. The second-order valence-corrected chi connectivity index (χ2v) is 7.52. The maximum absolute atomic E-state index is 12.3. The number of anilines is 1. The number of benzene rings is 2. The van der Waals surface area contributed by atoms with Crippen LogP contribution < -0.4 is 10.1 Å². The predicted octanol–water partition coefficient (Wildman–Crippen LogP) is 4.33. The molecule has 2 aromatic carbocycles. The molecule has 0 fully saturated rings.